The highest BCUT2D eigenvalue weighted by Gasteiger charge is 2.35. The predicted octanol–water partition coefficient (Wildman–Crippen LogP) is 6.34. The summed E-state index contributed by atoms with van der Waals surface area (Å²) in [6.07, 6.45) is -4.67. The number of halogens is 4. The van der Waals surface area contributed by atoms with E-state index < -0.39 is 23.1 Å². The maximum Gasteiger partial charge on any atom is 0.417 e. The smallest absolute Gasteiger partial charge is 0.353 e. The number of aromatic nitrogens is 3. The summed E-state index contributed by atoms with van der Waals surface area (Å²) in [7, 11) is 0. The average molecular weight is 403 g/mol. The van der Waals surface area contributed by atoms with Crippen LogP contribution in [0.1, 0.15) is 32.0 Å². The molecule has 0 saturated carbocycles. The van der Waals surface area contributed by atoms with E-state index in [4.69, 9.17) is 4.52 Å². The minimum atomic E-state index is -4.67. The second-order valence-corrected chi connectivity index (χ2v) is 7.80. The van der Waals surface area contributed by atoms with Gasteiger partial charge in [-0.1, -0.05) is 38.1 Å². The first kappa shape index (κ1) is 19.2. The van der Waals surface area contributed by atoms with Crippen molar-refractivity contribution in [1.82, 2.24) is 15.1 Å². The van der Waals surface area contributed by atoms with E-state index >= 15 is 0 Å². The van der Waals surface area contributed by atoms with E-state index in [0.717, 1.165) is 23.9 Å². The number of benzene rings is 2. The molecule has 150 valence electrons. The number of imidazole rings is 1. The molecule has 0 fully saturated rings. The van der Waals surface area contributed by atoms with Gasteiger partial charge in [-0.25, -0.2) is 9.37 Å². The van der Waals surface area contributed by atoms with E-state index in [1.807, 2.05) is 20.8 Å². The molecular formula is C21H17F4N3O. The van der Waals surface area contributed by atoms with Crippen LogP contribution < -0.4 is 0 Å². The molecule has 2 aromatic heterocycles. The van der Waals surface area contributed by atoms with Crippen LogP contribution in [-0.2, 0) is 11.6 Å². The van der Waals surface area contributed by atoms with Gasteiger partial charge in [-0.3, -0.25) is 0 Å². The van der Waals surface area contributed by atoms with Gasteiger partial charge in [-0.15, -0.1) is 0 Å². The molecule has 0 saturated heterocycles. The Kier molecular flexibility index (Phi) is 4.25. The Morgan fingerprint density at radius 1 is 1.00 bits per heavy atom. The first-order valence-electron chi connectivity index (χ1n) is 8.87. The fourth-order valence-electron chi connectivity index (χ4n) is 3.08. The van der Waals surface area contributed by atoms with Crippen LogP contribution in [0.4, 0.5) is 17.6 Å². The molecule has 0 aliphatic heterocycles. The maximum atomic E-state index is 14.3. The molecule has 0 amide bonds. The van der Waals surface area contributed by atoms with E-state index in [-0.39, 0.29) is 11.0 Å². The van der Waals surface area contributed by atoms with Crippen molar-refractivity contribution >= 4 is 11.0 Å². The molecular weight excluding hydrogens is 386 g/mol. The Hall–Kier alpha value is -3.16. The monoisotopic (exact) mass is 403 g/mol. The van der Waals surface area contributed by atoms with Crippen molar-refractivity contribution in [2.75, 3.05) is 0 Å². The summed E-state index contributed by atoms with van der Waals surface area (Å²) in [4.78, 5) is 7.42. The number of hydrogen-bond donors (Lipinski definition) is 1. The van der Waals surface area contributed by atoms with Gasteiger partial charge in [0.1, 0.15) is 5.82 Å². The number of aromatic amines is 1. The summed E-state index contributed by atoms with van der Waals surface area (Å²) >= 11 is 0. The van der Waals surface area contributed by atoms with Crippen molar-refractivity contribution < 1.29 is 22.1 Å². The highest BCUT2D eigenvalue weighted by atomic mass is 19.4. The van der Waals surface area contributed by atoms with Gasteiger partial charge in [-0.2, -0.15) is 13.2 Å². The molecule has 1 N–H and O–H groups in total. The number of nitrogens with one attached hydrogen (secondary N) is 1. The van der Waals surface area contributed by atoms with Gasteiger partial charge in [0.25, 0.3) is 0 Å². The number of nitrogens with zero attached hydrogens (tertiary/aromatic N) is 2. The molecule has 0 radical (unpaired) electrons. The zero-order valence-electron chi connectivity index (χ0n) is 15.9. The van der Waals surface area contributed by atoms with E-state index in [2.05, 4.69) is 15.1 Å². The SMILES string of the molecule is CC(C)(C)c1cc(-c2nc3ccc(-c4c(F)cccc4C(F)(F)F)cc3[nH]2)on1. The summed E-state index contributed by atoms with van der Waals surface area (Å²) in [5.74, 6) is -0.136. The molecule has 29 heavy (non-hydrogen) atoms. The van der Waals surface area contributed by atoms with Gasteiger partial charge in [0.2, 0.25) is 5.76 Å². The highest BCUT2D eigenvalue weighted by Crippen LogP contribution is 2.39. The molecule has 0 spiro atoms. The molecule has 0 aliphatic carbocycles. The second kappa shape index (κ2) is 6.43. The fraction of sp³-hybridized carbons (Fsp3) is 0.238. The van der Waals surface area contributed by atoms with Gasteiger partial charge >= 0.3 is 6.18 Å². The van der Waals surface area contributed by atoms with Crippen molar-refractivity contribution in [2.45, 2.75) is 32.4 Å². The van der Waals surface area contributed by atoms with Gasteiger partial charge in [0.05, 0.1) is 22.3 Å². The minimum Gasteiger partial charge on any atom is -0.353 e. The lowest BCUT2D eigenvalue weighted by molar-refractivity contribution is -0.137. The summed E-state index contributed by atoms with van der Waals surface area (Å²) < 4.78 is 59.7. The molecule has 0 atom stereocenters. The van der Waals surface area contributed by atoms with Crippen LogP contribution in [0.2, 0.25) is 0 Å². The van der Waals surface area contributed by atoms with Crippen molar-refractivity contribution in [3.05, 3.63) is 59.5 Å². The van der Waals surface area contributed by atoms with E-state index in [1.165, 1.54) is 18.2 Å². The lowest BCUT2D eigenvalue weighted by atomic mass is 9.92. The Balaban J connectivity index is 1.81. The third-order valence-corrected chi connectivity index (χ3v) is 4.60. The molecule has 0 bridgehead atoms. The summed E-state index contributed by atoms with van der Waals surface area (Å²) in [5.41, 5.74) is 0.0972. The Morgan fingerprint density at radius 3 is 2.41 bits per heavy atom. The van der Waals surface area contributed by atoms with E-state index in [1.54, 1.807) is 6.07 Å². The van der Waals surface area contributed by atoms with Crippen LogP contribution >= 0.6 is 0 Å². The number of rotatable bonds is 2. The first-order valence-corrected chi connectivity index (χ1v) is 8.87. The number of hydrogen-bond acceptors (Lipinski definition) is 3. The van der Waals surface area contributed by atoms with Crippen LogP contribution in [0.5, 0.6) is 0 Å². The number of alkyl halides is 3. The summed E-state index contributed by atoms with van der Waals surface area (Å²) in [6, 6.07) is 9.09. The van der Waals surface area contributed by atoms with E-state index in [9.17, 15) is 17.6 Å². The summed E-state index contributed by atoms with van der Waals surface area (Å²) in [5, 5.41) is 4.04. The van der Waals surface area contributed by atoms with Gasteiger partial charge in [-0.05, 0) is 29.8 Å². The highest BCUT2D eigenvalue weighted by molar-refractivity contribution is 5.85. The minimum absolute atomic E-state index is 0.103. The average Bonchev–Trinajstić information content (AvgIpc) is 3.26. The van der Waals surface area contributed by atoms with Crippen molar-refractivity contribution in [2.24, 2.45) is 0 Å². The lowest BCUT2D eigenvalue weighted by Crippen LogP contribution is -2.10. The third-order valence-electron chi connectivity index (χ3n) is 4.60. The van der Waals surface area contributed by atoms with Crippen LogP contribution in [0.25, 0.3) is 33.7 Å². The van der Waals surface area contributed by atoms with E-state index in [0.29, 0.717) is 22.6 Å². The molecule has 4 rings (SSSR count). The van der Waals surface area contributed by atoms with Gasteiger partial charge in [0.15, 0.2) is 5.82 Å². The Bertz CT molecular complexity index is 1200. The standard InChI is InChI=1S/C21H17F4N3O/c1-20(2,3)17-10-16(29-28-17)19-26-14-8-7-11(9-15(14)27-19)18-12(21(23,24)25)5-4-6-13(18)22/h4-10H,1-3H3,(H,26,27). The molecule has 8 heteroatoms. The van der Waals surface area contributed by atoms with Gasteiger partial charge < -0.3 is 9.51 Å². The van der Waals surface area contributed by atoms with Crippen molar-refractivity contribution in [3.63, 3.8) is 0 Å². The molecule has 2 aromatic carbocycles. The quantitative estimate of drug-likeness (QED) is 0.397. The van der Waals surface area contributed by atoms with Crippen LogP contribution in [0.15, 0.2) is 47.0 Å². The Morgan fingerprint density at radius 2 is 1.76 bits per heavy atom. The third kappa shape index (κ3) is 3.50. The molecule has 0 unspecified atom stereocenters. The molecule has 2 heterocycles. The topological polar surface area (TPSA) is 54.7 Å². The van der Waals surface area contributed by atoms with Crippen molar-refractivity contribution in [1.29, 1.82) is 0 Å². The number of fused-ring (bicyclic) bond motifs is 1. The van der Waals surface area contributed by atoms with Crippen molar-refractivity contribution in [3.8, 4) is 22.7 Å². The lowest BCUT2D eigenvalue weighted by Gasteiger charge is -2.13. The molecule has 0 aliphatic rings. The second-order valence-electron chi connectivity index (χ2n) is 7.80. The van der Waals surface area contributed by atoms with Crippen LogP contribution in [-0.4, -0.2) is 15.1 Å². The van der Waals surface area contributed by atoms with Gasteiger partial charge in [0, 0.05) is 17.0 Å². The van der Waals surface area contributed by atoms with Crippen LogP contribution in [0, 0.1) is 5.82 Å². The normalized spacial score (nSPS) is 12.7. The fourth-order valence-corrected chi connectivity index (χ4v) is 3.08. The maximum absolute atomic E-state index is 14.3. The number of H-pyrrole nitrogens is 1. The zero-order valence-corrected chi connectivity index (χ0v) is 15.9. The zero-order chi connectivity index (χ0) is 21.0. The Labute approximate surface area is 163 Å². The molecule has 4 aromatic rings. The summed E-state index contributed by atoms with van der Waals surface area (Å²) in [6.45, 7) is 5.98. The first-order chi connectivity index (χ1) is 13.5. The van der Waals surface area contributed by atoms with Crippen LogP contribution in [0.3, 0.4) is 0 Å². The molecule has 4 nitrogen and oxygen atoms in total. The predicted molar refractivity (Wildman–Crippen MR) is 101 cm³/mol. The largest absolute Gasteiger partial charge is 0.417 e.